The van der Waals surface area contributed by atoms with Gasteiger partial charge in [-0.1, -0.05) is 25.1 Å². The van der Waals surface area contributed by atoms with Crippen molar-refractivity contribution in [3.8, 4) is 0 Å². The number of guanidine groups is 1. The summed E-state index contributed by atoms with van der Waals surface area (Å²) in [4.78, 5) is 10.7. The van der Waals surface area contributed by atoms with E-state index in [1.54, 1.807) is 39.9 Å². The molecule has 164 valence electrons. The highest BCUT2D eigenvalue weighted by atomic mass is 32.2. The van der Waals surface area contributed by atoms with Crippen LogP contribution in [-0.2, 0) is 23.0 Å². The minimum atomic E-state index is -3.39. The molecule has 2 N–H and O–H groups in total. The van der Waals surface area contributed by atoms with Gasteiger partial charge < -0.3 is 10.6 Å². The summed E-state index contributed by atoms with van der Waals surface area (Å²) in [5.74, 6) is 1.20. The standard InChI is InChI=1S/C21H31N5O2S2/c1-3-18-15-23-20(29-18)16-25-21(22-4-2)24-14-17-10-12-26(13-11-17)30(27,28)19-8-6-5-7-9-19/h5-9,15,17H,3-4,10-14,16H2,1-2H3,(H2,22,24,25). The number of rotatable bonds is 8. The van der Waals surface area contributed by atoms with E-state index in [1.807, 2.05) is 19.2 Å². The molecular formula is C21H31N5O2S2. The molecule has 1 saturated heterocycles. The molecule has 0 saturated carbocycles. The Morgan fingerprint density at radius 2 is 1.93 bits per heavy atom. The molecule has 30 heavy (non-hydrogen) atoms. The summed E-state index contributed by atoms with van der Waals surface area (Å²) < 4.78 is 27.1. The second-order valence-corrected chi connectivity index (χ2v) is 10.4. The van der Waals surface area contributed by atoms with E-state index in [4.69, 9.17) is 0 Å². The first kappa shape index (κ1) is 22.7. The predicted octanol–water partition coefficient (Wildman–Crippen LogP) is 2.86. The van der Waals surface area contributed by atoms with Gasteiger partial charge in [-0.2, -0.15) is 4.31 Å². The van der Waals surface area contributed by atoms with Crippen molar-refractivity contribution in [2.45, 2.75) is 44.6 Å². The van der Waals surface area contributed by atoms with Gasteiger partial charge in [-0.3, -0.25) is 0 Å². The summed E-state index contributed by atoms with van der Waals surface area (Å²) in [5.41, 5.74) is 0. The zero-order valence-corrected chi connectivity index (χ0v) is 19.3. The third-order valence-corrected chi connectivity index (χ3v) is 8.22. The van der Waals surface area contributed by atoms with Crippen molar-refractivity contribution in [2.75, 3.05) is 26.2 Å². The maximum Gasteiger partial charge on any atom is 0.243 e. The van der Waals surface area contributed by atoms with Crippen molar-refractivity contribution in [2.24, 2.45) is 10.9 Å². The zero-order chi connectivity index (χ0) is 21.4. The molecule has 9 heteroatoms. The van der Waals surface area contributed by atoms with Crippen LogP contribution in [0.1, 0.15) is 36.6 Å². The SMILES string of the molecule is CCNC(=NCc1ncc(CC)s1)NCC1CCN(S(=O)(=O)c2ccccc2)CC1. The highest BCUT2D eigenvalue weighted by Crippen LogP contribution is 2.23. The van der Waals surface area contributed by atoms with Crippen molar-refractivity contribution in [3.05, 3.63) is 46.4 Å². The molecule has 0 atom stereocenters. The van der Waals surface area contributed by atoms with E-state index in [0.29, 0.717) is 30.4 Å². The number of nitrogens with zero attached hydrogens (tertiary/aromatic N) is 3. The Balaban J connectivity index is 1.50. The molecule has 2 aromatic rings. The van der Waals surface area contributed by atoms with Crippen LogP contribution in [-0.4, -0.2) is 49.8 Å². The number of nitrogens with one attached hydrogen (secondary N) is 2. The van der Waals surface area contributed by atoms with Gasteiger partial charge in [-0.05, 0) is 44.2 Å². The van der Waals surface area contributed by atoms with E-state index >= 15 is 0 Å². The number of piperidine rings is 1. The first-order chi connectivity index (χ1) is 14.5. The molecule has 1 fully saturated rings. The van der Waals surface area contributed by atoms with Crippen LogP contribution in [0.2, 0.25) is 0 Å². The highest BCUT2D eigenvalue weighted by Gasteiger charge is 2.29. The van der Waals surface area contributed by atoms with Gasteiger partial charge in [-0.25, -0.2) is 18.4 Å². The van der Waals surface area contributed by atoms with E-state index in [0.717, 1.165) is 43.3 Å². The smallest absolute Gasteiger partial charge is 0.243 e. The molecule has 2 heterocycles. The minimum Gasteiger partial charge on any atom is -0.357 e. The van der Waals surface area contributed by atoms with Crippen LogP contribution in [0, 0.1) is 5.92 Å². The van der Waals surface area contributed by atoms with E-state index in [9.17, 15) is 8.42 Å². The van der Waals surface area contributed by atoms with E-state index in [1.165, 1.54) is 4.88 Å². The lowest BCUT2D eigenvalue weighted by molar-refractivity contribution is 0.273. The fourth-order valence-electron chi connectivity index (χ4n) is 3.41. The Kier molecular flexibility index (Phi) is 8.24. The molecule has 1 aromatic heterocycles. The molecular weight excluding hydrogens is 418 g/mol. The van der Waals surface area contributed by atoms with Crippen molar-refractivity contribution in [1.29, 1.82) is 0 Å². The van der Waals surface area contributed by atoms with Gasteiger partial charge in [0.25, 0.3) is 0 Å². The van der Waals surface area contributed by atoms with E-state index < -0.39 is 10.0 Å². The Morgan fingerprint density at radius 3 is 2.57 bits per heavy atom. The predicted molar refractivity (Wildman–Crippen MR) is 122 cm³/mol. The number of hydrogen-bond donors (Lipinski definition) is 2. The Hall–Kier alpha value is -1.97. The van der Waals surface area contributed by atoms with Crippen molar-refractivity contribution in [3.63, 3.8) is 0 Å². The number of benzene rings is 1. The Labute approximate surface area is 183 Å². The molecule has 0 amide bonds. The summed E-state index contributed by atoms with van der Waals surface area (Å²) in [7, 11) is -3.39. The number of aliphatic imine (C=N–C) groups is 1. The van der Waals surface area contributed by atoms with Crippen LogP contribution < -0.4 is 10.6 Å². The second-order valence-electron chi connectivity index (χ2n) is 7.31. The Morgan fingerprint density at radius 1 is 1.20 bits per heavy atom. The summed E-state index contributed by atoms with van der Waals surface area (Å²) in [6, 6.07) is 8.68. The zero-order valence-electron chi connectivity index (χ0n) is 17.7. The third-order valence-electron chi connectivity index (χ3n) is 5.18. The first-order valence-corrected chi connectivity index (χ1v) is 12.8. The van der Waals surface area contributed by atoms with Crippen molar-refractivity contribution < 1.29 is 8.42 Å². The van der Waals surface area contributed by atoms with Gasteiger partial charge >= 0.3 is 0 Å². The van der Waals surface area contributed by atoms with Crippen LogP contribution in [0.3, 0.4) is 0 Å². The summed E-state index contributed by atoms with van der Waals surface area (Å²) >= 11 is 1.70. The van der Waals surface area contributed by atoms with Crippen LogP contribution in [0.4, 0.5) is 0 Å². The minimum absolute atomic E-state index is 0.372. The lowest BCUT2D eigenvalue weighted by atomic mass is 9.98. The number of hydrogen-bond acceptors (Lipinski definition) is 5. The molecule has 1 aliphatic rings. The van der Waals surface area contributed by atoms with Crippen LogP contribution in [0.15, 0.2) is 46.4 Å². The van der Waals surface area contributed by atoms with Crippen molar-refractivity contribution >= 4 is 27.3 Å². The van der Waals surface area contributed by atoms with Gasteiger partial charge in [0, 0.05) is 37.3 Å². The average molecular weight is 450 g/mol. The lowest BCUT2D eigenvalue weighted by Gasteiger charge is -2.31. The largest absolute Gasteiger partial charge is 0.357 e. The second kappa shape index (κ2) is 10.9. The topological polar surface area (TPSA) is 86.7 Å². The monoisotopic (exact) mass is 449 g/mol. The number of aromatic nitrogens is 1. The summed E-state index contributed by atoms with van der Waals surface area (Å²) in [5, 5.41) is 7.71. The van der Waals surface area contributed by atoms with E-state index in [-0.39, 0.29) is 0 Å². The van der Waals surface area contributed by atoms with Gasteiger partial charge in [0.2, 0.25) is 10.0 Å². The molecule has 0 aliphatic carbocycles. The molecule has 1 aliphatic heterocycles. The molecule has 1 aromatic carbocycles. The molecule has 7 nitrogen and oxygen atoms in total. The molecule has 3 rings (SSSR count). The van der Waals surface area contributed by atoms with Gasteiger partial charge in [0.1, 0.15) is 5.01 Å². The highest BCUT2D eigenvalue weighted by molar-refractivity contribution is 7.89. The van der Waals surface area contributed by atoms with Gasteiger partial charge in [0.15, 0.2) is 5.96 Å². The van der Waals surface area contributed by atoms with E-state index in [2.05, 4.69) is 27.5 Å². The first-order valence-electron chi connectivity index (χ1n) is 10.5. The molecule has 0 spiro atoms. The van der Waals surface area contributed by atoms with Gasteiger partial charge in [0.05, 0.1) is 11.4 Å². The summed E-state index contributed by atoms with van der Waals surface area (Å²) in [6.45, 7) is 7.41. The maximum absolute atomic E-state index is 12.8. The van der Waals surface area contributed by atoms with Crippen LogP contribution >= 0.6 is 11.3 Å². The number of sulfonamides is 1. The van der Waals surface area contributed by atoms with Crippen molar-refractivity contribution in [1.82, 2.24) is 19.9 Å². The Bertz CT molecular complexity index is 920. The fourth-order valence-corrected chi connectivity index (χ4v) is 5.69. The lowest BCUT2D eigenvalue weighted by Crippen LogP contribution is -2.44. The molecule has 0 radical (unpaired) electrons. The maximum atomic E-state index is 12.8. The average Bonchev–Trinajstić information content (AvgIpc) is 3.25. The third kappa shape index (κ3) is 6.02. The quantitative estimate of drug-likeness (QED) is 0.478. The van der Waals surface area contributed by atoms with Crippen LogP contribution in [0.25, 0.3) is 0 Å². The van der Waals surface area contributed by atoms with Gasteiger partial charge in [-0.15, -0.1) is 11.3 Å². The van der Waals surface area contributed by atoms with Crippen LogP contribution in [0.5, 0.6) is 0 Å². The molecule has 0 bridgehead atoms. The number of thiazole rings is 1. The number of aryl methyl sites for hydroxylation is 1. The molecule has 0 unspecified atom stereocenters. The normalized spacial score (nSPS) is 16.5. The summed E-state index contributed by atoms with van der Waals surface area (Å²) in [6.07, 6.45) is 4.60. The fraction of sp³-hybridized carbons (Fsp3) is 0.524.